The van der Waals surface area contributed by atoms with Crippen LogP contribution in [0, 0.1) is 11.6 Å². The molecule has 0 saturated heterocycles. The minimum absolute atomic E-state index is 0.236. The zero-order valence-electron chi connectivity index (χ0n) is 11.1. The van der Waals surface area contributed by atoms with E-state index < -0.39 is 11.6 Å². The molecule has 5 heteroatoms. The van der Waals surface area contributed by atoms with Gasteiger partial charge in [0.15, 0.2) is 0 Å². The van der Waals surface area contributed by atoms with Gasteiger partial charge in [-0.15, -0.1) is 0 Å². The molecule has 0 amide bonds. The van der Waals surface area contributed by atoms with Crippen LogP contribution in [0.1, 0.15) is 5.56 Å². The predicted molar refractivity (Wildman–Crippen MR) is 79.8 cm³/mol. The summed E-state index contributed by atoms with van der Waals surface area (Å²) in [5.41, 5.74) is 7.57. The molecule has 1 heterocycles. The zero-order valence-corrected chi connectivity index (χ0v) is 11.1. The lowest BCUT2D eigenvalue weighted by molar-refractivity contribution is 0.574. The normalized spacial score (nSPS) is 10.8. The van der Waals surface area contributed by atoms with E-state index in [1.807, 2.05) is 18.2 Å². The predicted octanol–water partition coefficient (Wildman–Crippen LogP) is 3.71. The van der Waals surface area contributed by atoms with E-state index in [4.69, 9.17) is 5.73 Å². The monoisotopic (exact) mass is 285 g/mol. The van der Waals surface area contributed by atoms with Crippen molar-refractivity contribution in [2.24, 2.45) is 0 Å². The number of rotatable bonds is 3. The van der Waals surface area contributed by atoms with E-state index in [1.165, 1.54) is 12.1 Å². The molecule has 0 aliphatic heterocycles. The second-order valence-electron chi connectivity index (χ2n) is 4.74. The van der Waals surface area contributed by atoms with E-state index in [0.717, 1.165) is 17.0 Å². The number of nitrogens with one attached hydrogen (secondary N) is 1. The van der Waals surface area contributed by atoms with Crippen molar-refractivity contribution >= 4 is 22.4 Å². The number of benzene rings is 2. The number of anilines is 2. The molecule has 0 fully saturated rings. The molecule has 0 spiro atoms. The Labute approximate surface area is 120 Å². The van der Waals surface area contributed by atoms with Gasteiger partial charge in [0.1, 0.15) is 17.5 Å². The molecule has 0 radical (unpaired) electrons. The van der Waals surface area contributed by atoms with Crippen molar-refractivity contribution in [3.8, 4) is 0 Å². The third-order valence-electron chi connectivity index (χ3n) is 3.19. The summed E-state index contributed by atoms with van der Waals surface area (Å²) in [5, 5.41) is 3.96. The third kappa shape index (κ3) is 2.91. The molecule has 0 aliphatic carbocycles. The number of halogens is 2. The van der Waals surface area contributed by atoms with Crippen molar-refractivity contribution in [3.63, 3.8) is 0 Å². The Morgan fingerprint density at radius 3 is 2.67 bits per heavy atom. The Morgan fingerprint density at radius 2 is 1.86 bits per heavy atom. The molecular weight excluding hydrogens is 272 g/mol. The largest absolute Gasteiger partial charge is 0.399 e. The van der Waals surface area contributed by atoms with E-state index in [9.17, 15) is 8.78 Å². The van der Waals surface area contributed by atoms with Crippen LogP contribution in [0.2, 0.25) is 0 Å². The number of nitrogens with two attached hydrogens (primary N) is 1. The summed E-state index contributed by atoms with van der Waals surface area (Å²) in [6, 6.07) is 12.6. The molecule has 0 aliphatic rings. The average molecular weight is 285 g/mol. The fourth-order valence-electron chi connectivity index (χ4n) is 2.09. The molecule has 21 heavy (non-hydrogen) atoms. The van der Waals surface area contributed by atoms with Crippen LogP contribution < -0.4 is 11.1 Å². The van der Waals surface area contributed by atoms with Crippen LogP contribution in [-0.2, 0) is 6.54 Å². The quantitative estimate of drug-likeness (QED) is 0.721. The Balaban J connectivity index is 1.80. The number of fused-ring (bicyclic) bond motifs is 1. The van der Waals surface area contributed by atoms with Crippen LogP contribution in [0.3, 0.4) is 0 Å². The van der Waals surface area contributed by atoms with Crippen LogP contribution >= 0.6 is 0 Å². The van der Waals surface area contributed by atoms with Crippen LogP contribution in [-0.4, -0.2) is 4.98 Å². The van der Waals surface area contributed by atoms with E-state index in [-0.39, 0.29) is 6.54 Å². The number of hydrogen-bond acceptors (Lipinski definition) is 3. The second kappa shape index (κ2) is 5.36. The Kier molecular flexibility index (Phi) is 3.39. The molecule has 2 aromatic carbocycles. The Bertz CT molecular complexity index is 803. The first-order valence-corrected chi connectivity index (χ1v) is 6.46. The van der Waals surface area contributed by atoms with E-state index >= 15 is 0 Å². The summed E-state index contributed by atoms with van der Waals surface area (Å²) in [6.45, 7) is 0.236. The summed E-state index contributed by atoms with van der Waals surface area (Å²) in [6.07, 6.45) is 0. The summed E-state index contributed by atoms with van der Waals surface area (Å²) < 4.78 is 26.4. The van der Waals surface area contributed by atoms with Crippen LogP contribution in [0.4, 0.5) is 20.3 Å². The average Bonchev–Trinajstić information content (AvgIpc) is 2.46. The summed E-state index contributed by atoms with van der Waals surface area (Å²) in [7, 11) is 0. The van der Waals surface area contributed by atoms with Gasteiger partial charge in [0.05, 0.1) is 5.52 Å². The van der Waals surface area contributed by atoms with Gasteiger partial charge in [0.25, 0.3) is 0 Å². The first-order chi connectivity index (χ1) is 10.1. The molecule has 0 unspecified atom stereocenters. The second-order valence-corrected chi connectivity index (χ2v) is 4.74. The standard InChI is InChI=1S/C16H13F2N3/c17-12-3-1-11(14(18)8-12)9-20-16-6-2-10-7-13(19)4-5-15(10)21-16/h1-8H,9,19H2,(H,20,21). The van der Waals surface area contributed by atoms with Gasteiger partial charge in [-0.3, -0.25) is 0 Å². The van der Waals surface area contributed by atoms with Crippen molar-refractivity contribution in [2.45, 2.75) is 6.54 Å². The van der Waals surface area contributed by atoms with Crippen molar-refractivity contribution in [2.75, 3.05) is 11.1 Å². The molecular formula is C16H13F2N3. The molecule has 3 nitrogen and oxygen atoms in total. The maximum Gasteiger partial charge on any atom is 0.131 e. The lowest BCUT2D eigenvalue weighted by atomic mass is 10.2. The van der Waals surface area contributed by atoms with Crippen LogP contribution in [0.15, 0.2) is 48.5 Å². The number of nitrogen functional groups attached to an aromatic ring is 1. The van der Waals surface area contributed by atoms with Gasteiger partial charge >= 0.3 is 0 Å². The fraction of sp³-hybridized carbons (Fsp3) is 0.0625. The van der Waals surface area contributed by atoms with Gasteiger partial charge in [-0.1, -0.05) is 6.07 Å². The molecule has 0 saturated carbocycles. The van der Waals surface area contributed by atoms with Gasteiger partial charge < -0.3 is 11.1 Å². The Morgan fingerprint density at radius 1 is 1.00 bits per heavy atom. The lowest BCUT2D eigenvalue weighted by Gasteiger charge is -2.08. The van der Waals surface area contributed by atoms with Gasteiger partial charge in [0, 0.05) is 29.2 Å². The summed E-state index contributed by atoms with van der Waals surface area (Å²) in [5.74, 6) is -0.537. The first-order valence-electron chi connectivity index (χ1n) is 6.46. The smallest absolute Gasteiger partial charge is 0.131 e. The molecule has 3 rings (SSSR count). The van der Waals surface area contributed by atoms with Crippen molar-refractivity contribution in [1.29, 1.82) is 0 Å². The molecule has 0 atom stereocenters. The van der Waals surface area contributed by atoms with Crippen LogP contribution in [0.5, 0.6) is 0 Å². The highest BCUT2D eigenvalue weighted by molar-refractivity contribution is 5.83. The van der Waals surface area contributed by atoms with E-state index in [1.54, 1.807) is 12.1 Å². The molecule has 106 valence electrons. The van der Waals surface area contributed by atoms with Gasteiger partial charge in [-0.25, -0.2) is 13.8 Å². The van der Waals surface area contributed by atoms with Crippen molar-refractivity contribution in [1.82, 2.24) is 4.98 Å². The van der Waals surface area contributed by atoms with Crippen LogP contribution in [0.25, 0.3) is 10.9 Å². The van der Waals surface area contributed by atoms with E-state index in [0.29, 0.717) is 17.1 Å². The SMILES string of the molecule is Nc1ccc2nc(NCc3ccc(F)cc3F)ccc2c1. The van der Waals surface area contributed by atoms with Gasteiger partial charge in [0.2, 0.25) is 0 Å². The Hall–Kier alpha value is -2.69. The number of nitrogens with zero attached hydrogens (tertiary/aromatic N) is 1. The summed E-state index contributed by atoms with van der Waals surface area (Å²) >= 11 is 0. The number of hydrogen-bond donors (Lipinski definition) is 2. The fourth-order valence-corrected chi connectivity index (χ4v) is 2.09. The maximum atomic E-state index is 13.5. The minimum atomic E-state index is -0.585. The highest BCUT2D eigenvalue weighted by Crippen LogP contribution is 2.19. The zero-order chi connectivity index (χ0) is 14.8. The third-order valence-corrected chi connectivity index (χ3v) is 3.19. The highest BCUT2D eigenvalue weighted by atomic mass is 19.1. The van der Waals surface area contributed by atoms with E-state index in [2.05, 4.69) is 10.3 Å². The topological polar surface area (TPSA) is 50.9 Å². The molecule has 3 N–H and O–H groups in total. The molecule has 1 aromatic heterocycles. The molecule has 3 aromatic rings. The van der Waals surface area contributed by atoms with Gasteiger partial charge in [-0.05, 0) is 36.4 Å². The first kappa shape index (κ1) is 13.3. The maximum absolute atomic E-state index is 13.5. The number of aromatic nitrogens is 1. The van der Waals surface area contributed by atoms with Gasteiger partial charge in [-0.2, -0.15) is 0 Å². The lowest BCUT2D eigenvalue weighted by Crippen LogP contribution is -2.03. The molecule has 0 bridgehead atoms. The minimum Gasteiger partial charge on any atom is -0.399 e. The number of pyridine rings is 1. The van der Waals surface area contributed by atoms with Crippen molar-refractivity contribution in [3.05, 3.63) is 65.7 Å². The summed E-state index contributed by atoms with van der Waals surface area (Å²) in [4.78, 5) is 4.42. The van der Waals surface area contributed by atoms with Crippen molar-refractivity contribution < 1.29 is 8.78 Å². The highest BCUT2D eigenvalue weighted by Gasteiger charge is 2.04.